The Morgan fingerprint density at radius 1 is 1.05 bits per heavy atom. The Kier molecular flexibility index (Phi) is 9.36. The SMILES string of the molecule is CCCCN(C(C)CC)C(CNCCC)c1ccccc1. The summed E-state index contributed by atoms with van der Waals surface area (Å²) in [5.41, 5.74) is 1.44. The number of rotatable bonds is 11. The van der Waals surface area contributed by atoms with E-state index in [1.807, 2.05) is 0 Å². The van der Waals surface area contributed by atoms with E-state index in [0.717, 1.165) is 13.1 Å². The van der Waals surface area contributed by atoms with Crippen LogP contribution in [0.3, 0.4) is 0 Å². The van der Waals surface area contributed by atoms with Gasteiger partial charge in [-0.05, 0) is 44.8 Å². The van der Waals surface area contributed by atoms with Gasteiger partial charge in [0.15, 0.2) is 0 Å². The normalized spacial score (nSPS) is 14.3. The molecule has 1 rings (SSSR count). The summed E-state index contributed by atoms with van der Waals surface area (Å²) in [6, 6.07) is 12.1. The first kappa shape index (κ1) is 18.2. The van der Waals surface area contributed by atoms with Gasteiger partial charge < -0.3 is 5.32 Å². The van der Waals surface area contributed by atoms with Gasteiger partial charge in [-0.25, -0.2) is 0 Å². The molecule has 2 atom stereocenters. The minimum atomic E-state index is 0.485. The fraction of sp³-hybridized carbons (Fsp3) is 0.684. The van der Waals surface area contributed by atoms with Gasteiger partial charge in [0.05, 0.1) is 0 Å². The number of benzene rings is 1. The van der Waals surface area contributed by atoms with Gasteiger partial charge >= 0.3 is 0 Å². The highest BCUT2D eigenvalue weighted by atomic mass is 15.2. The molecule has 0 aromatic heterocycles. The van der Waals surface area contributed by atoms with Gasteiger partial charge in [-0.15, -0.1) is 0 Å². The third kappa shape index (κ3) is 6.19. The van der Waals surface area contributed by atoms with E-state index in [9.17, 15) is 0 Å². The Hall–Kier alpha value is -0.860. The van der Waals surface area contributed by atoms with Crippen molar-refractivity contribution >= 4 is 0 Å². The second-order valence-electron chi connectivity index (χ2n) is 5.98. The molecule has 2 heteroatoms. The van der Waals surface area contributed by atoms with E-state index in [4.69, 9.17) is 0 Å². The van der Waals surface area contributed by atoms with Gasteiger partial charge in [0.25, 0.3) is 0 Å². The monoisotopic (exact) mass is 290 g/mol. The zero-order valence-electron chi connectivity index (χ0n) is 14.4. The minimum absolute atomic E-state index is 0.485. The van der Waals surface area contributed by atoms with E-state index in [2.05, 4.69) is 68.2 Å². The zero-order chi connectivity index (χ0) is 15.5. The average Bonchev–Trinajstić information content (AvgIpc) is 2.54. The summed E-state index contributed by atoms with van der Waals surface area (Å²) in [6.07, 6.45) is 4.94. The maximum Gasteiger partial charge on any atom is 0.0475 e. The molecule has 0 radical (unpaired) electrons. The minimum Gasteiger partial charge on any atom is -0.315 e. The van der Waals surface area contributed by atoms with E-state index in [-0.39, 0.29) is 0 Å². The Morgan fingerprint density at radius 2 is 1.76 bits per heavy atom. The molecule has 2 unspecified atom stereocenters. The highest BCUT2D eigenvalue weighted by Gasteiger charge is 2.23. The quantitative estimate of drug-likeness (QED) is 0.598. The second-order valence-corrected chi connectivity index (χ2v) is 5.98. The highest BCUT2D eigenvalue weighted by Crippen LogP contribution is 2.24. The van der Waals surface area contributed by atoms with Crippen LogP contribution < -0.4 is 5.32 Å². The molecule has 1 aromatic carbocycles. The van der Waals surface area contributed by atoms with Crippen LogP contribution in [-0.2, 0) is 0 Å². The highest BCUT2D eigenvalue weighted by molar-refractivity contribution is 5.19. The van der Waals surface area contributed by atoms with Crippen molar-refractivity contribution in [1.29, 1.82) is 0 Å². The molecule has 1 N–H and O–H groups in total. The molecular weight excluding hydrogens is 256 g/mol. The standard InChI is InChI=1S/C19H34N2/c1-5-8-15-21(17(4)7-3)19(16-20-14-6-2)18-12-10-9-11-13-18/h9-13,17,19-20H,5-8,14-16H2,1-4H3. The molecule has 0 amide bonds. The second kappa shape index (κ2) is 10.8. The first-order valence-electron chi connectivity index (χ1n) is 8.75. The fourth-order valence-corrected chi connectivity index (χ4v) is 2.78. The van der Waals surface area contributed by atoms with Crippen molar-refractivity contribution < 1.29 is 0 Å². The molecule has 0 saturated carbocycles. The summed E-state index contributed by atoms with van der Waals surface area (Å²) in [6.45, 7) is 12.5. The fourth-order valence-electron chi connectivity index (χ4n) is 2.78. The lowest BCUT2D eigenvalue weighted by Crippen LogP contribution is -2.41. The topological polar surface area (TPSA) is 15.3 Å². The van der Waals surface area contributed by atoms with Crippen LogP contribution in [-0.4, -0.2) is 30.6 Å². The molecule has 0 fully saturated rings. The molecule has 0 heterocycles. The molecule has 0 aliphatic heterocycles. The maximum absolute atomic E-state index is 3.63. The predicted octanol–water partition coefficient (Wildman–Crippen LogP) is 4.63. The van der Waals surface area contributed by atoms with Crippen LogP contribution in [0, 0.1) is 0 Å². The van der Waals surface area contributed by atoms with Gasteiger partial charge in [-0.3, -0.25) is 4.90 Å². The molecule has 21 heavy (non-hydrogen) atoms. The Bertz CT molecular complexity index is 350. The Morgan fingerprint density at radius 3 is 2.33 bits per heavy atom. The van der Waals surface area contributed by atoms with Crippen LogP contribution in [0.2, 0.25) is 0 Å². The van der Waals surface area contributed by atoms with Crippen molar-refractivity contribution in [2.24, 2.45) is 0 Å². The van der Waals surface area contributed by atoms with Crippen LogP contribution in [0.1, 0.15) is 65.0 Å². The molecule has 0 aliphatic rings. The zero-order valence-corrected chi connectivity index (χ0v) is 14.4. The van der Waals surface area contributed by atoms with E-state index < -0.39 is 0 Å². The van der Waals surface area contributed by atoms with Crippen LogP contribution in [0.4, 0.5) is 0 Å². The molecule has 0 saturated heterocycles. The maximum atomic E-state index is 3.63. The summed E-state index contributed by atoms with van der Waals surface area (Å²) < 4.78 is 0. The number of hydrogen-bond donors (Lipinski definition) is 1. The number of nitrogens with zero attached hydrogens (tertiary/aromatic N) is 1. The largest absolute Gasteiger partial charge is 0.315 e. The lowest BCUT2D eigenvalue weighted by atomic mass is 10.0. The first-order valence-corrected chi connectivity index (χ1v) is 8.75. The van der Waals surface area contributed by atoms with Gasteiger partial charge in [-0.2, -0.15) is 0 Å². The van der Waals surface area contributed by atoms with Crippen LogP contribution >= 0.6 is 0 Å². The number of nitrogens with one attached hydrogen (secondary N) is 1. The van der Waals surface area contributed by atoms with Crippen molar-refractivity contribution in [2.45, 2.75) is 65.5 Å². The van der Waals surface area contributed by atoms with Crippen molar-refractivity contribution in [3.8, 4) is 0 Å². The van der Waals surface area contributed by atoms with Gasteiger partial charge in [-0.1, -0.05) is 57.5 Å². The first-order chi connectivity index (χ1) is 10.2. The van der Waals surface area contributed by atoms with Crippen LogP contribution in [0.25, 0.3) is 0 Å². The Labute approximate surface area is 131 Å². The smallest absolute Gasteiger partial charge is 0.0475 e. The summed E-state index contributed by atoms with van der Waals surface area (Å²) in [5.74, 6) is 0. The molecule has 0 bridgehead atoms. The van der Waals surface area contributed by atoms with Crippen molar-refractivity contribution in [2.75, 3.05) is 19.6 Å². The number of unbranched alkanes of at least 4 members (excludes halogenated alkanes) is 1. The molecule has 120 valence electrons. The van der Waals surface area contributed by atoms with E-state index in [0.29, 0.717) is 12.1 Å². The summed E-state index contributed by atoms with van der Waals surface area (Å²) >= 11 is 0. The molecule has 0 aliphatic carbocycles. The van der Waals surface area contributed by atoms with Gasteiger partial charge in [0, 0.05) is 18.6 Å². The third-order valence-corrected chi connectivity index (χ3v) is 4.28. The van der Waals surface area contributed by atoms with Crippen molar-refractivity contribution in [3.05, 3.63) is 35.9 Å². The van der Waals surface area contributed by atoms with E-state index in [1.54, 1.807) is 0 Å². The predicted molar refractivity (Wildman–Crippen MR) is 93.7 cm³/mol. The van der Waals surface area contributed by atoms with E-state index in [1.165, 1.54) is 37.8 Å². The van der Waals surface area contributed by atoms with Crippen LogP contribution in [0.15, 0.2) is 30.3 Å². The van der Waals surface area contributed by atoms with Gasteiger partial charge in [0.2, 0.25) is 0 Å². The molecule has 2 nitrogen and oxygen atoms in total. The number of hydrogen-bond acceptors (Lipinski definition) is 2. The summed E-state index contributed by atoms with van der Waals surface area (Å²) in [7, 11) is 0. The third-order valence-electron chi connectivity index (χ3n) is 4.28. The lowest BCUT2D eigenvalue weighted by molar-refractivity contribution is 0.134. The molecular formula is C19H34N2. The lowest BCUT2D eigenvalue weighted by Gasteiger charge is -2.37. The summed E-state index contributed by atoms with van der Waals surface area (Å²) in [4.78, 5) is 2.70. The van der Waals surface area contributed by atoms with Crippen molar-refractivity contribution in [3.63, 3.8) is 0 Å². The molecule has 0 spiro atoms. The molecule has 1 aromatic rings. The summed E-state index contributed by atoms with van der Waals surface area (Å²) in [5, 5.41) is 3.63. The van der Waals surface area contributed by atoms with Crippen LogP contribution in [0.5, 0.6) is 0 Å². The van der Waals surface area contributed by atoms with Gasteiger partial charge in [0.1, 0.15) is 0 Å². The Balaban J connectivity index is 2.88. The van der Waals surface area contributed by atoms with E-state index >= 15 is 0 Å². The van der Waals surface area contributed by atoms with Crippen molar-refractivity contribution in [1.82, 2.24) is 10.2 Å². The average molecular weight is 290 g/mol.